The molecule has 0 aliphatic heterocycles. The molecule has 0 unspecified atom stereocenters. The molecule has 0 aliphatic rings. The Morgan fingerprint density at radius 1 is 0.812 bits per heavy atom. The van der Waals surface area contributed by atoms with E-state index in [9.17, 15) is 0 Å². The van der Waals surface area contributed by atoms with E-state index < -0.39 is 0 Å². The first-order chi connectivity index (χ1) is 7.02. The quantitative estimate of drug-likeness (QED) is 0.508. The Morgan fingerprint density at radius 3 is 1.44 bits per heavy atom. The lowest BCUT2D eigenvalue weighted by atomic mass is 9.84. The molecule has 0 atom stereocenters. The van der Waals surface area contributed by atoms with E-state index in [0.29, 0.717) is 0 Å². The van der Waals surface area contributed by atoms with Crippen molar-refractivity contribution in [3.63, 3.8) is 0 Å². The smallest absolute Gasteiger partial charge is 0.0129 e. The Bertz CT molecular complexity index is 240. The van der Waals surface area contributed by atoms with E-state index in [-0.39, 0.29) is 12.8 Å². The van der Waals surface area contributed by atoms with Gasteiger partial charge in [0.1, 0.15) is 0 Å². The van der Waals surface area contributed by atoms with Gasteiger partial charge in [-0.25, -0.2) is 0 Å². The van der Waals surface area contributed by atoms with E-state index >= 15 is 0 Å². The maximum Gasteiger partial charge on any atom is -0.0129 e. The Balaban J connectivity index is -0.000000305. The fourth-order valence-corrected chi connectivity index (χ4v) is 1.41. The van der Waals surface area contributed by atoms with Crippen molar-refractivity contribution in [1.29, 1.82) is 0 Å². The second kappa shape index (κ2) is 10.7. The average Bonchev–Trinajstić information content (AvgIpc) is 2.23. The summed E-state index contributed by atoms with van der Waals surface area (Å²) in [6, 6.07) is 8.56. The molecule has 0 fully saturated rings. The van der Waals surface area contributed by atoms with Crippen LogP contribution in [0, 0.1) is 6.92 Å². The molecule has 0 N–H and O–H groups in total. The van der Waals surface area contributed by atoms with E-state index in [1.807, 2.05) is 27.7 Å². The fourth-order valence-electron chi connectivity index (χ4n) is 1.41. The first-order valence-corrected chi connectivity index (χ1v) is 6.08. The molecule has 1 aromatic carbocycles. The van der Waals surface area contributed by atoms with Gasteiger partial charge in [0.05, 0.1) is 0 Å². The van der Waals surface area contributed by atoms with Crippen LogP contribution in [-0.4, -0.2) is 0 Å². The van der Waals surface area contributed by atoms with Gasteiger partial charge < -0.3 is 0 Å². The van der Waals surface area contributed by atoms with Crippen LogP contribution in [0.1, 0.15) is 67.0 Å². The van der Waals surface area contributed by atoms with Crippen molar-refractivity contribution in [1.82, 2.24) is 0 Å². The highest BCUT2D eigenvalue weighted by molar-refractivity contribution is 5.31. The van der Waals surface area contributed by atoms with Crippen molar-refractivity contribution in [2.75, 3.05) is 0 Å². The van der Waals surface area contributed by atoms with Crippen LogP contribution >= 0.6 is 0 Å². The summed E-state index contributed by atoms with van der Waals surface area (Å²) in [6.07, 6.45) is 0. The van der Waals surface area contributed by atoms with Gasteiger partial charge in [-0.05, 0) is 23.5 Å². The molecular formula is C16H32. The third kappa shape index (κ3) is 7.50. The lowest BCUT2D eigenvalue weighted by molar-refractivity contribution is 0.586. The standard InChI is InChI=1S/C11H16.2C2H6.CH4/c1-9-7-5-6-8-10(9)11(2,3)4;2*1-2;/h5-8H,1-4H3;2*1-2H3;1H4. The summed E-state index contributed by atoms with van der Waals surface area (Å²) in [5, 5.41) is 0. The van der Waals surface area contributed by atoms with Gasteiger partial charge in [0.15, 0.2) is 0 Å². The van der Waals surface area contributed by atoms with Crippen molar-refractivity contribution in [3.05, 3.63) is 35.4 Å². The SMILES string of the molecule is C.CC.CC.Cc1ccccc1C(C)(C)C. The number of hydrogen-bond donors (Lipinski definition) is 0. The van der Waals surface area contributed by atoms with Crippen molar-refractivity contribution in [2.45, 2.75) is 68.2 Å². The lowest BCUT2D eigenvalue weighted by Crippen LogP contribution is -2.12. The maximum atomic E-state index is 2.25. The Labute approximate surface area is 104 Å². The van der Waals surface area contributed by atoms with E-state index in [4.69, 9.17) is 0 Å². The van der Waals surface area contributed by atoms with Gasteiger partial charge in [-0.3, -0.25) is 0 Å². The zero-order chi connectivity index (χ0) is 12.5. The number of hydrogen-bond acceptors (Lipinski definition) is 0. The average molecular weight is 224 g/mol. The normalized spacial score (nSPS) is 8.75. The van der Waals surface area contributed by atoms with Crippen molar-refractivity contribution < 1.29 is 0 Å². The summed E-state index contributed by atoms with van der Waals surface area (Å²) in [7, 11) is 0. The Hall–Kier alpha value is -0.780. The van der Waals surface area contributed by atoms with Gasteiger partial charge in [-0.2, -0.15) is 0 Å². The summed E-state index contributed by atoms with van der Waals surface area (Å²) in [4.78, 5) is 0. The van der Waals surface area contributed by atoms with Crippen LogP contribution in [0.4, 0.5) is 0 Å². The first-order valence-electron chi connectivity index (χ1n) is 6.08. The van der Waals surface area contributed by atoms with Gasteiger partial charge in [-0.1, -0.05) is 80.2 Å². The summed E-state index contributed by atoms with van der Waals surface area (Å²) < 4.78 is 0. The van der Waals surface area contributed by atoms with Gasteiger partial charge in [-0.15, -0.1) is 0 Å². The molecule has 0 amide bonds. The Kier molecular flexibility index (Phi) is 13.8. The van der Waals surface area contributed by atoms with Crippen LogP contribution in [0.25, 0.3) is 0 Å². The molecule has 0 spiro atoms. The number of aryl methyl sites for hydroxylation is 1. The monoisotopic (exact) mass is 224 g/mol. The molecule has 0 bridgehead atoms. The molecule has 1 rings (SSSR count). The van der Waals surface area contributed by atoms with Crippen molar-refractivity contribution >= 4 is 0 Å². The van der Waals surface area contributed by atoms with Crippen molar-refractivity contribution in [3.8, 4) is 0 Å². The minimum Gasteiger partial charge on any atom is -0.0776 e. The summed E-state index contributed by atoms with van der Waals surface area (Å²) in [5.74, 6) is 0. The largest absolute Gasteiger partial charge is 0.0776 e. The minimum absolute atomic E-state index is 0. The Morgan fingerprint density at radius 2 is 1.19 bits per heavy atom. The highest BCUT2D eigenvalue weighted by atomic mass is 14.2. The summed E-state index contributed by atoms with van der Waals surface area (Å²) >= 11 is 0. The molecule has 96 valence electrons. The zero-order valence-electron chi connectivity index (χ0n) is 11.8. The van der Waals surface area contributed by atoms with Gasteiger partial charge in [0.2, 0.25) is 0 Å². The van der Waals surface area contributed by atoms with Crippen LogP contribution in [-0.2, 0) is 5.41 Å². The van der Waals surface area contributed by atoms with E-state index in [0.717, 1.165) is 0 Å². The minimum atomic E-state index is 0. The molecular weight excluding hydrogens is 192 g/mol. The third-order valence-corrected chi connectivity index (χ3v) is 1.95. The van der Waals surface area contributed by atoms with Gasteiger partial charge in [0, 0.05) is 0 Å². The molecule has 16 heavy (non-hydrogen) atoms. The van der Waals surface area contributed by atoms with Crippen LogP contribution < -0.4 is 0 Å². The molecule has 1 aromatic rings. The first kappa shape index (κ1) is 20.6. The molecule has 0 heteroatoms. The second-order valence-electron chi connectivity index (χ2n) is 4.06. The van der Waals surface area contributed by atoms with E-state index in [1.54, 1.807) is 0 Å². The van der Waals surface area contributed by atoms with Crippen LogP contribution in [0.3, 0.4) is 0 Å². The van der Waals surface area contributed by atoms with E-state index in [1.165, 1.54) is 11.1 Å². The molecule has 0 aliphatic carbocycles. The topological polar surface area (TPSA) is 0 Å². The number of benzene rings is 1. The maximum absolute atomic E-state index is 2.25. The molecule has 0 saturated heterocycles. The second-order valence-corrected chi connectivity index (χ2v) is 4.06. The molecule has 0 heterocycles. The summed E-state index contributed by atoms with van der Waals surface area (Å²) in [5.41, 5.74) is 3.12. The highest BCUT2D eigenvalue weighted by Crippen LogP contribution is 2.24. The van der Waals surface area contributed by atoms with E-state index in [2.05, 4.69) is 52.0 Å². The third-order valence-electron chi connectivity index (χ3n) is 1.95. The molecule has 0 saturated carbocycles. The number of rotatable bonds is 0. The lowest BCUT2D eigenvalue weighted by Gasteiger charge is -2.21. The van der Waals surface area contributed by atoms with Gasteiger partial charge >= 0.3 is 0 Å². The van der Waals surface area contributed by atoms with Crippen LogP contribution in [0.5, 0.6) is 0 Å². The fraction of sp³-hybridized carbons (Fsp3) is 0.625. The molecule has 0 nitrogen and oxygen atoms in total. The predicted molar refractivity (Wildman–Crippen MR) is 79.3 cm³/mol. The zero-order valence-corrected chi connectivity index (χ0v) is 11.8. The predicted octanol–water partition coefficient (Wildman–Crippen LogP) is 5.98. The summed E-state index contributed by atoms with van der Waals surface area (Å²) in [6.45, 7) is 16.9. The van der Waals surface area contributed by atoms with Crippen molar-refractivity contribution in [2.24, 2.45) is 0 Å². The van der Waals surface area contributed by atoms with Crippen LogP contribution in [0.15, 0.2) is 24.3 Å². The molecule has 0 aromatic heterocycles. The molecule has 0 radical (unpaired) electrons. The van der Waals surface area contributed by atoms with Gasteiger partial charge in [0.25, 0.3) is 0 Å². The van der Waals surface area contributed by atoms with Crippen LogP contribution in [0.2, 0.25) is 0 Å². The highest BCUT2D eigenvalue weighted by Gasteiger charge is 2.14.